The molecule has 2 aromatic carbocycles. The Labute approximate surface area is 252 Å². The number of carbonyl (C=O) groups excluding carboxylic acids is 1. The molecule has 2 aliphatic rings. The fourth-order valence-electron chi connectivity index (χ4n) is 5.88. The number of allylic oxidation sites excluding steroid dienone is 1. The van der Waals surface area contributed by atoms with Crippen LogP contribution in [0.4, 0.5) is 0 Å². The first-order chi connectivity index (χ1) is 19.5. The Morgan fingerprint density at radius 3 is 2.33 bits per heavy atom. The Hall–Kier alpha value is -2.62. The standard InChI is InChI=1S/C33H46O7SSi/c1-22-15-17-25(20-39-42(8,9)32(3,4)5)33(6,7)29(22)31(41(35,36)26-13-11-10-12-14-26)30(40-23(2)34)24-16-18-27-28(19-24)38-21-37-27/h10-14,16,18-19,25,30-31H,15,17,20-21H2,1-9H3. The predicted molar refractivity (Wildman–Crippen MR) is 167 cm³/mol. The lowest BCUT2D eigenvalue weighted by Gasteiger charge is -2.47. The van der Waals surface area contributed by atoms with Gasteiger partial charge in [0, 0.05) is 13.5 Å². The van der Waals surface area contributed by atoms with Crippen molar-refractivity contribution in [2.24, 2.45) is 11.3 Å². The van der Waals surface area contributed by atoms with Gasteiger partial charge in [0.15, 0.2) is 29.7 Å². The molecule has 0 amide bonds. The first-order valence-electron chi connectivity index (χ1n) is 14.7. The molecule has 0 N–H and O–H groups in total. The van der Waals surface area contributed by atoms with E-state index in [9.17, 15) is 13.2 Å². The van der Waals surface area contributed by atoms with E-state index in [1.165, 1.54) is 6.92 Å². The highest BCUT2D eigenvalue weighted by Gasteiger charge is 2.50. The molecule has 230 valence electrons. The van der Waals surface area contributed by atoms with Crippen LogP contribution >= 0.6 is 0 Å². The van der Waals surface area contributed by atoms with Gasteiger partial charge in [-0.1, -0.05) is 64.5 Å². The van der Waals surface area contributed by atoms with Gasteiger partial charge in [0.1, 0.15) is 11.4 Å². The van der Waals surface area contributed by atoms with Crippen molar-refractivity contribution in [2.45, 2.75) is 95.7 Å². The molecule has 3 unspecified atom stereocenters. The number of benzene rings is 2. The lowest BCUT2D eigenvalue weighted by Crippen LogP contribution is -2.47. The molecule has 7 nitrogen and oxygen atoms in total. The summed E-state index contributed by atoms with van der Waals surface area (Å²) in [5.74, 6) is 0.581. The molecular formula is C33H46O7SSi. The van der Waals surface area contributed by atoms with Gasteiger partial charge in [-0.25, -0.2) is 8.42 Å². The largest absolute Gasteiger partial charge is 0.456 e. The Morgan fingerprint density at radius 2 is 1.71 bits per heavy atom. The molecule has 0 saturated heterocycles. The summed E-state index contributed by atoms with van der Waals surface area (Å²) in [6, 6.07) is 13.7. The summed E-state index contributed by atoms with van der Waals surface area (Å²) in [6.07, 6.45) is 0.516. The lowest BCUT2D eigenvalue weighted by molar-refractivity contribution is -0.146. The maximum Gasteiger partial charge on any atom is 0.303 e. The fourth-order valence-corrected chi connectivity index (χ4v) is 9.12. The zero-order valence-electron chi connectivity index (χ0n) is 26.4. The Morgan fingerprint density at radius 1 is 1.07 bits per heavy atom. The predicted octanol–water partition coefficient (Wildman–Crippen LogP) is 7.64. The van der Waals surface area contributed by atoms with Crippen LogP contribution in [0, 0.1) is 11.3 Å². The Kier molecular flexibility index (Phi) is 9.08. The first-order valence-corrected chi connectivity index (χ1v) is 19.1. The third-order valence-corrected chi connectivity index (χ3v) is 16.1. The highest BCUT2D eigenvalue weighted by Crippen LogP contribution is 2.52. The summed E-state index contributed by atoms with van der Waals surface area (Å²) in [6.45, 7) is 19.3. The van der Waals surface area contributed by atoms with Gasteiger partial charge in [0.05, 0.1) is 4.90 Å². The minimum atomic E-state index is -4.04. The van der Waals surface area contributed by atoms with E-state index in [1.54, 1.807) is 48.5 Å². The average molecular weight is 615 g/mol. The molecule has 9 heteroatoms. The quantitative estimate of drug-likeness (QED) is 0.163. The number of hydrogen-bond donors (Lipinski definition) is 0. The Bertz CT molecular complexity index is 1440. The van der Waals surface area contributed by atoms with Gasteiger partial charge < -0.3 is 18.6 Å². The monoisotopic (exact) mass is 614 g/mol. The van der Waals surface area contributed by atoms with Crippen LogP contribution in [0.1, 0.15) is 73.0 Å². The van der Waals surface area contributed by atoms with Gasteiger partial charge in [0.25, 0.3) is 0 Å². The summed E-state index contributed by atoms with van der Waals surface area (Å²) in [7, 11) is -6.08. The number of sulfone groups is 1. The fraction of sp³-hybridized carbons (Fsp3) is 0.545. The highest BCUT2D eigenvalue weighted by molar-refractivity contribution is 7.92. The van der Waals surface area contributed by atoms with Crippen LogP contribution in [0.3, 0.4) is 0 Å². The third kappa shape index (κ3) is 6.33. The second kappa shape index (κ2) is 11.8. The van der Waals surface area contributed by atoms with E-state index in [0.717, 1.165) is 24.0 Å². The summed E-state index contributed by atoms with van der Waals surface area (Å²) < 4.78 is 53.3. The summed E-state index contributed by atoms with van der Waals surface area (Å²) >= 11 is 0. The molecule has 1 heterocycles. The molecule has 0 radical (unpaired) electrons. The summed E-state index contributed by atoms with van der Waals surface area (Å²) in [5.41, 5.74) is 1.76. The number of esters is 1. The summed E-state index contributed by atoms with van der Waals surface area (Å²) in [5, 5.41) is -1.10. The summed E-state index contributed by atoms with van der Waals surface area (Å²) in [4.78, 5) is 12.8. The van der Waals surface area contributed by atoms with Crippen LogP contribution < -0.4 is 9.47 Å². The lowest BCUT2D eigenvalue weighted by atomic mass is 9.64. The van der Waals surface area contributed by atoms with E-state index >= 15 is 0 Å². The van der Waals surface area contributed by atoms with Gasteiger partial charge in [-0.2, -0.15) is 0 Å². The van der Waals surface area contributed by atoms with Gasteiger partial charge in [-0.3, -0.25) is 4.79 Å². The van der Waals surface area contributed by atoms with Crippen molar-refractivity contribution >= 4 is 24.1 Å². The van der Waals surface area contributed by atoms with Crippen molar-refractivity contribution in [3.8, 4) is 11.5 Å². The van der Waals surface area contributed by atoms with E-state index in [2.05, 4.69) is 47.7 Å². The molecular weight excluding hydrogens is 569 g/mol. The topological polar surface area (TPSA) is 88.1 Å². The van der Waals surface area contributed by atoms with E-state index in [4.69, 9.17) is 18.6 Å². The van der Waals surface area contributed by atoms with Crippen LogP contribution in [-0.2, 0) is 23.8 Å². The number of rotatable bonds is 9. The molecule has 0 spiro atoms. The van der Waals surface area contributed by atoms with Crippen molar-refractivity contribution < 1.29 is 31.8 Å². The van der Waals surface area contributed by atoms with E-state index in [0.29, 0.717) is 23.7 Å². The minimum Gasteiger partial charge on any atom is -0.456 e. The second-order valence-corrected chi connectivity index (χ2v) is 20.5. The number of ether oxygens (including phenoxy) is 3. The minimum absolute atomic E-state index is 0.0549. The van der Waals surface area contributed by atoms with Gasteiger partial charge >= 0.3 is 5.97 Å². The molecule has 0 aromatic heterocycles. The SMILES string of the molecule is CC(=O)OC(c1ccc2c(c1)OCO2)C(C1=C(C)CCC(CO[Si](C)(C)C(C)(C)C)C1(C)C)S(=O)(=O)c1ccccc1. The molecule has 0 saturated carbocycles. The van der Waals surface area contributed by atoms with Gasteiger partial charge in [-0.05, 0) is 84.6 Å². The number of hydrogen-bond acceptors (Lipinski definition) is 7. The number of carbonyl (C=O) groups is 1. The zero-order valence-corrected chi connectivity index (χ0v) is 28.3. The van der Waals surface area contributed by atoms with Crippen molar-refractivity contribution in [3.05, 3.63) is 65.2 Å². The molecule has 2 aromatic rings. The van der Waals surface area contributed by atoms with Crippen LogP contribution in [0.2, 0.25) is 18.1 Å². The van der Waals surface area contributed by atoms with E-state index < -0.39 is 40.9 Å². The average Bonchev–Trinajstić information content (AvgIpc) is 3.37. The van der Waals surface area contributed by atoms with Crippen molar-refractivity contribution in [3.63, 3.8) is 0 Å². The van der Waals surface area contributed by atoms with Crippen LogP contribution in [-0.4, -0.2) is 41.4 Å². The first kappa shape index (κ1) is 32.3. The highest BCUT2D eigenvalue weighted by atomic mass is 32.2. The molecule has 0 fully saturated rings. The molecule has 0 bridgehead atoms. The second-order valence-electron chi connectivity index (χ2n) is 13.6. The molecule has 3 atom stereocenters. The molecule has 1 aliphatic carbocycles. The van der Waals surface area contributed by atoms with Crippen molar-refractivity contribution in [2.75, 3.05) is 13.4 Å². The van der Waals surface area contributed by atoms with E-state index in [-0.39, 0.29) is 22.6 Å². The van der Waals surface area contributed by atoms with Crippen LogP contribution in [0.5, 0.6) is 11.5 Å². The van der Waals surface area contributed by atoms with Crippen molar-refractivity contribution in [1.29, 1.82) is 0 Å². The van der Waals surface area contributed by atoms with Crippen molar-refractivity contribution in [1.82, 2.24) is 0 Å². The van der Waals surface area contributed by atoms with Crippen LogP contribution in [0.25, 0.3) is 0 Å². The molecule has 4 rings (SSSR count). The Balaban J connectivity index is 1.88. The number of fused-ring (bicyclic) bond motifs is 1. The zero-order chi connectivity index (χ0) is 31.1. The normalized spacial score (nSPS) is 20.3. The van der Waals surface area contributed by atoms with E-state index in [1.807, 2.05) is 6.92 Å². The van der Waals surface area contributed by atoms with Gasteiger partial charge in [0.2, 0.25) is 6.79 Å². The smallest absolute Gasteiger partial charge is 0.303 e. The maximum absolute atomic E-state index is 14.7. The van der Waals surface area contributed by atoms with Crippen LogP contribution in [0.15, 0.2) is 64.6 Å². The molecule has 1 aliphatic heterocycles. The maximum atomic E-state index is 14.7. The van der Waals surface area contributed by atoms with Gasteiger partial charge in [-0.15, -0.1) is 0 Å². The molecule has 42 heavy (non-hydrogen) atoms. The third-order valence-electron chi connectivity index (χ3n) is 9.48.